The lowest BCUT2D eigenvalue weighted by Gasteiger charge is -2.14. The number of anilines is 1. The Labute approximate surface area is 134 Å². The zero-order chi connectivity index (χ0) is 16.4. The minimum atomic E-state index is -0.203. The number of hydrogen-bond donors (Lipinski definition) is 1. The van der Waals surface area contributed by atoms with Crippen molar-refractivity contribution in [3.63, 3.8) is 0 Å². The molecular weight excluding hydrogens is 290 g/mol. The molecule has 0 spiro atoms. The Morgan fingerprint density at radius 1 is 1.26 bits per heavy atom. The molecule has 3 aromatic rings. The second kappa shape index (κ2) is 6.18. The number of hydrogen-bond acceptors (Lipinski definition) is 4. The zero-order valence-corrected chi connectivity index (χ0v) is 13.4. The first-order chi connectivity index (χ1) is 11.0. The molecule has 0 bridgehead atoms. The average Bonchev–Trinajstić information content (AvgIpc) is 2.98. The summed E-state index contributed by atoms with van der Waals surface area (Å²) in [6.45, 7) is 2.80. The van der Waals surface area contributed by atoms with Gasteiger partial charge in [0.25, 0.3) is 5.91 Å². The minimum Gasteiger partial charge on any atom is -0.320 e. The Morgan fingerprint density at radius 3 is 2.87 bits per heavy atom. The normalized spacial score (nSPS) is 11.1. The first-order valence-electron chi connectivity index (χ1n) is 7.39. The number of aromatic nitrogens is 3. The first kappa shape index (κ1) is 15.2. The fourth-order valence-electron chi connectivity index (χ4n) is 2.47. The van der Waals surface area contributed by atoms with Crippen LogP contribution in [0.2, 0.25) is 0 Å². The Bertz CT molecular complexity index is 853. The van der Waals surface area contributed by atoms with Gasteiger partial charge in [-0.05, 0) is 50.3 Å². The molecule has 0 atom stereocenters. The van der Waals surface area contributed by atoms with E-state index in [1.807, 2.05) is 39.2 Å². The molecule has 2 aromatic heterocycles. The van der Waals surface area contributed by atoms with E-state index in [0.29, 0.717) is 11.3 Å². The lowest BCUT2D eigenvalue weighted by molar-refractivity contribution is 0.102. The molecule has 1 aromatic carbocycles. The van der Waals surface area contributed by atoms with Gasteiger partial charge < -0.3 is 10.2 Å². The van der Waals surface area contributed by atoms with Gasteiger partial charge in [0, 0.05) is 12.2 Å². The zero-order valence-electron chi connectivity index (χ0n) is 13.4. The number of benzene rings is 1. The van der Waals surface area contributed by atoms with Gasteiger partial charge in [0.15, 0.2) is 5.65 Å². The van der Waals surface area contributed by atoms with Crippen molar-refractivity contribution in [3.8, 4) is 0 Å². The molecule has 2 heterocycles. The molecule has 6 nitrogen and oxygen atoms in total. The number of amides is 1. The highest BCUT2D eigenvalue weighted by molar-refractivity contribution is 6.03. The van der Waals surface area contributed by atoms with Crippen LogP contribution in [-0.4, -0.2) is 39.5 Å². The van der Waals surface area contributed by atoms with Crippen LogP contribution in [0.4, 0.5) is 5.69 Å². The van der Waals surface area contributed by atoms with Gasteiger partial charge in [-0.3, -0.25) is 4.79 Å². The number of carbonyl (C=O) groups excluding carboxylic acids is 1. The lowest BCUT2D eigenvalue weighted by Crippen LogP contribution is -2.17. The maximum absolute atomic E-state index is 12.6. The highest BCUT2D eigenvalue weighted by Crippen LogP contribution is 2.19. The molecule has 3 rings (SSSR count). The summed E-state index contributed by atoms with van der Waals surface area (Å²) < 4.78 is 1.54. The number of aryl methyl sites for hydroxylation is 1. The monoisotopic (exact) mass is 309 g/mol. The van der Waals surface area contributed by atoms with Gasteiger partial charge in [0.1, 0.15) is 12.0 Å². The van der Waals surface area contributed by atoms with Gasteiger partial charge in [-0.1, -0.05) is 18.2 Å². The van der Waals surface area contributed by atoms with E-state index in [4.69, 9.17) is 0 Å². The van der Waals surface area contributed by atoms with Gasteiger partial charge in [0.2, 0.25) is 0 Å². The molecule has 0 aliphatic rings. The second-order valence-corrected chi connectivity index (χ2v) is 5.78. The van der Waals surface area contributed by atoms with Gasteiger partial charge in [-0.2, -0.15) is 5.10 Å². The van der Waals surface area contributed by atoms with E-state index in [-0.39, 0.29) is 5.91 Å². The fourth-order valence-corrected chi connectivity index (χ4v) is 2.47. The molecule has 23 heavy (non-hydrogen) atoms. The highest BCUT2D eigenvalue weighted by atomic mass is 16.2. The summed E-state index contributed by atoms with van der Waals surface area (Å²) in [6.07, 6.45) is 1.44. The first-order valence-corrected chi connectivity index (χ1v) is 7.39. The van der Waals surface area contributed by atoms with Crippen LogP contribution in [0.5, 0.6) is 0 Å². The summed E-state index contributed by atoms with van der Waals surface area (Å²) >= 11 is 0. The standard InChI is InChI=1S/C17H19N5O/c1-12-7-8-13(10-21(2)3)9-14(12)20-17(23)15-5-4-6-16-18-11-19-22(15)16/h4-9,11H,10H2,1-3H3,(H,20,23). The van der Waals surface area contributed by atoms with Gasteiger partial charge in [-0.25, -0.2) is 9.50 Å². The number of pyridine rings is 1. The van der Waals surface area contributed by atoms with Crippen molar-refractivity contribution in [1.29, 1.82) is 0 Å². The van der Waals surface area contributed by atoms with E-state index in [9.17, 15) is 4.79 Å². The molecule has 0 unspecified atom stereocenters. The Hall–Kier alpha value is -2.73. The third kappa shape index (κ3) is 3.22. The number of carbonyl (C=O) groups is 1. The van der Waals surface area contributed by atoms with E-state index in [1.54, 1.807) is 12.1 Å². The Morgan fingerprint density at radius 2 is 2.09 bits per heavy atom. The SMILES string of the molecule is Cc1ccc(CN(C)C)cc1NC(=O)c1cccc2ncnn12. The Kier molecular flexibility index (Phi) is 4.08. The number of nitrogens with zero attached hydrogens (tertiary/aromatic N) is 4. The quantitative estimate of drug-likeness (QED) is 0.803. The van der Waals surface area contributed by atoms with Crippen LogP contribution in [0.25, 0.3) is 5.65 Å². The second-order valence-electron chi connectivity index (χ2n) is 5.78. The molecular formula is C17H19N5O. The summed E-state index contributed by atoms with van der Waals surface area (Å²) in [4.78, 5) is 18.8. The van der Waals surface area contributed by atoms with Crippen molar-refractivity contribution < 1.29 is 4.79 Å². The van der Waals surface area contributed by atoms with Crippen LogP contribution in [-0.2, 0) is 6.54 Å². The molecule has 0 aliphatic carbocycles. The molecule has 6 heteroatoms. The maximum atomic E-state index is 12.6. The van der Waals surface area contributed by atoms with Gasteiger partial charge in [0.05, 0.1) is 0 Å². The third-order valence-corrected chi connectivity index (χ3v) is 3.58. The van der Waals surface area contributed by atoms with Crippen LogP contribution in [0.15, 0.2) is 42.7 Å². The molecule has 0 radical (unpaired) electrons. The number of nitrogens with one attached hydrogen (secondary N) is 1. The van der Waals surface area contributed by atoms with Crippen LogP contribution in [0.1, 0.15) is 21.6 Å². The lowest BCUT2D eigenvalue weighted by atomic mass is 10.1. The molecule has 118 valence electrons. The van der Waals surface area contributed by atoms with Crippen LogP contribution in [0, 0.1) is 6.92 Å². The average molecular weight is 309 g/mol. The van der Waals surface area contributed by atoms with Crippen molar-refractivity contribution in [1.82, 2.24) is 19.5 Å². The molecule has 0 saturated carbocycles. The largest absolute Gasteiger partial charge is 0.320 e. The minimum absolute atomic E-state index is 0.203. The van der Waals surface area contributed by atoms with E-state index in [0.717, 1.165) is 23.4 Å². The van der Waals surface area contributed by atoms with Crippen molar-refractivity contribution in [2.24, 2.45) is 0 Å². The molecule has 1 amide bonds. The predicted molar refractivity (Wildman–Crippen MR) is 89.5 cm³/mol. The highest BCUT2D eigenvalue weighted by Gasteiger charge is 2.13. The van der Waals surface area contributed by atoms with Crippen LogP contribution < -0.4 is 5.32 Å². The van der Waals surface area contributed by atoms with E-state index >= 15 is 0 Å². The van der Waals surface area contributed by atoms with E-state index in [2.05, 4.69) is 26.4 Å². The van der Waals surface area contributed by atoms with Crippen LogP contribution >= 0.6 is 0 Å². The third-order valence-electron chi connectivity index (χ3n) is 3.58. The van der Waals surface area contributed by atoms with Crippen molar-refractivity contribution >= 4 is 17.2 Å². The maximum Gasteiger partial charge on any atom is 0.274 e. The van der Waals surface area contributed by atoms with Gasteiger partial charge >= 0.3 is 0 Å². The van der Waals surface area contributed by atoms with Crippen molar-refractivity contribution in [3.05, 3.63) is 59.5 Å². The molecule has 0 aliphatic heterocycles. The summed E-state index contributed by atoms with van der Waals surface area (Å²) in [5.74, 6) is -0.203. The number of rotatable bonds is 4. The smallest absolute Gasteiger partial charge is 0.274 e. The van der Waals surface area contributed by atoms with Crippen molar-refractivity contribution in [2.45, 2.75) is 13.5 Å². The summed E-state index contributed by atoms with van der Waals surface area (Å²) in [7, 11) is 4.03. The Balaban J connectivity index is 1.89. The summed E-state index contributed by atoms with van der Waals surface area (Å²) in [5.41, 5.74) is 4.08. The summed E-state index contributed by atoms with van der Waals surface area (Å²) in [6, 6.07) is 11.4. The van der Waals surface area contributed by atoms with Crippen molar-refractivity contribution in [2.75, 3.05) is 19.4 Å². The molecule has 0 fully saturated rings. The van der Waals surface area contributed by atoms with E-state index in [1.165, 1.54) is 10.8 Å². The van der Waals surface area contributed by atoms with Crippen LogP contribution in [0.3, 0.4) is 0 Å². The van der Waals surface area contributed by atoms with E-state index < -0.39 is 0 Å². The topological polar surface area (TPSA) is 62.5 Å². The fraction of sp³-hybridized carbons (Fsp3) is 0.235. The summed E-state index contributed by atoms with van der Waals surface area (Å²) in [5, 5.41) is 7.07. The predicted octanol–water partition coefficient (Wildman–Crippen LogP) is 2.35. The van der Waals surface area contributed by atoms with Gasteiger partial charge in [-0.15, -0.1) is 0 Å². The number of fused-ring (bicyclic) bond motifs is 1. The molecule has 0 saturated heterocycles. The molecule has 1 N–H and O–H groups in total.